The van der Waals surface area contributed by atoms with Crippen LogP contribution in [0.25, 0.3) is 6.08 Å². The molecule has 4 heteroatoms. The van der Waals surface area contributed by atoms with Crippen LogP contribution in [-0.2, 0) is 6.54 Å². The van der Waals surface area contributed by atoms with Gasteiger partial charge in [-0.1, -0.05) is 37.3 Å². The average Bonchev–Trinajstić information content (AvgIpc) is 2.67. The number of rotatable bonds is 6. The molecule has 0 fully saturated rings. The van der Waals surface area contributed by atoms with E-state index >= 15 is 0 Å². The molecule has 0 aromatic heterocycles. The largest absolute Gasteiger partial charge is 0.489 e. The molecule has 136 valence electrons. The number of likely N-dealkylation sites (N-methyl/N-ethyl adjacent to an activating group) is 1. The molecular weight excluding hydrogens is 324 g/mol. The van der Waals surface area contributed by atoms with Gasteiger partial charge in [0.05, 0.1) is 0 Å². The fourth-order valence-corrected chi connectivity index (χ4v) is 3.09. The van der Waals surface area contributed by atoms with E-state index in [4.69, 9.17) is 4.74 Å². The summed E-state index contributed by atoms with van der Waals surface area (Å²) in [6, 6.07) is 16.0. The average molecular weight is 350 g/mol. The van der Waals surface area contributed by atoms with Crippen molar-refractivity contribution in [1.82, 2.24) is 9.80 Å². The molecule has 3 rings (SSSR count). The van der Waals surface area contributed by atoms with Crippen molar-refractivity contribution < 1.29 is 9.53 Å². The topological polar surface area (TPSA) is 32.8 Å². The molecule has 2 aromatic rings. The maximum atomic E-state index is 12.0. The molecule has 4 nitrogen and oxygen atoms in total. The first-order chi connectivity index (χ1) is 12.6. The van der Waals surface area contributed by atoms with Crippen LogP contribution in [0.3, 0.4) is 0 Å². The SMILES string of the molecule is CCN(CC1=Cc2ccccc2OC1)Cc1ccc(C(=O)N(C)C)cc1. The smallest absolute Gasteiger partial charge is 0.253 e. The molecule has 1 aliphatic rings. The van der Waals surface area contributed by atoms with Gasteiger partial charge >= 0.3 is 0 Å². The first-order valence-corrected chi connectivity index (χ1v) is 9.01. The number of carbonyl (C=O) groups is 1. The van der Waals surface area contributed by atoms with Crippen molar-refractivity contribution in [2.45, 2.75) is 13.5 Å². The summed E-state index contributed by atoms with van der Waals surface area (Å²) in [5.41, 5.74) is 4.36. The van der Waals surface area contributed by atoms with E-state index in [0.29, 0.717) is 6.61 Å². The molecule has 1 amide bonds. The van der Waals surface area contributed by atoms with E-state index in [1.807, 2.05) is 42.5 Å². The molecular formula is C22H26N2O2. The quantitative estimate of drug-likeness (QED) is 0.797. The predicted octanol–water partition coefficient (Wildman–Crippen LogP) is 3.69. The van der Waals surface area contributed by atoms with Gasteiger partial charge in [0.1, 0.15) is 12.4 Å². The Morgan fingerprint density at radius 1 is 1.04 bits per heavy atom. The molecule has 1 heterocycles. The Labute approximate surface area is 155 Å². The van der Waals surface area contributed by atoms with Crippen LogP contribution in [0.5, 0.6) is 5.75 Å². The summed E-state index contributed by atoms with van der Waals surface area (Å²) in [7, 11) is 3.54. The highest BCUT2D eigenvalue weighted by molar-refractivity contribution is 5.93. The first kappa shape index (κ1) is 18.2. The predicted molar refractivity (Wildman–Crippen MR) is 105 cm³/mol. The van der Waals surface area contributed by atoms with E-state index < -0.39 is 0 Å². The molecule has 0 saturated heterocycles. The second-order valence-electron chi connectivity index (χ2n) is 6.83. The molecule has 2 aromatic carbocycles. The number of carbonyl (C=O) groups excluding carboxylic acids is 1. The van der Waals surface area contributed by atoms with Gasteiger partial charge in [-0.15, -0.1) is 0 Å². The first-order valence-electron chi connectivity index (χ1n) is 9.01. The molecule has 1 aliphatic heterocycles. The summed E-state index contributed by atoms with van der Waals surface area (Å²) in [6.07, 6.45) is 2.24. The van der Waals surface area contributed by atoms with E-state index in [-0.39, 0.29) is 5.91 Å². The Balaban J connectivity index is 1.65. The highest BCUT2D eigenvalue weighted by Crippen LogP contribution is 2.26. The van der Waals surface area contributed by atoms with Gasteiger partial charge in [0, 0.05) is 38.3 Å². The van der Waals surface area contributed by atoms with E-state index in [2.05, 4.69) is 24.0 Å². The number of fused-ring (bicyclic) bond motifs is 1. The van der Waals surface area contributed by atoms with Gasteiger partial charge < -0.3 is 9.64 Å². The van der Waals surface area contributed by atoms with Crippen molar-refractivity contribution in [1.29, 1.82) is 0 Å². The summed E-state index contributed by atoms with van der Waals surface area (Å²) in [4.78, 5) is 16.0. The maximum absolute atomic E-state index is 12.0. The summed E-state index contributed by atoms with van der Waals surface area (Å²) in [6.45, 7) is 5.50. The second kappa shape index (κ2) is 8.19. The van der Waals surface area contributed by atoms with Crippen LogP contribution in [-0.4, -0.2) is 49.5 Å². The molecule has 0 aliphatic carbocycles. The zero-order valence-corrected chi connectivity index (χ0v) is 15.7. The van der Waals surface area contributed by atoms with Gasteiger partial charge in [-0.05, 0) is 42.0 Å². The van der Waals surface area contributed by atoms with Crippen molar-refractivity contribution in [3.8, 4) is 5.75 Å². The van der Waals surface area contributed by atoms with Gasteiger partial charge in [0.2, 0.25) is 0 Å². The zero-order valence-electron chi connectivity index (χ0n) is 15.7. The van der Waals surface area contributed by atoms with Crippen molar-refractivity contribution in [2.24, 2.45) is 0 Å². The zero-order chi connectivity index (χ0) is 18.5. The van der Waals surface area contributed by atoms with E-state index in [0.717, 1.165) is 36.5 Å². The molecule has 0 atom stereocenters. The minimum atomic E-state index is 0.0343. The number of nitrogens with zero attached hydrogens (tertiary/aromatic N) is 2. The summed E-state index contributed by atoms with van der Waals surface area (Å²) in [5, 5.41) is 0. The fourth-order valence-electron chi connectivity index (χ4n) is 3.09. The lowest BCUT2D eigenvalue weighted by Crippen LogP contribution is -2.28. The van der Waals surface area contributed by atoms with Gasteiger partial charge in [-0.25, -0.2) is 0 Å². The number of ether oxygens (including phenoxy) is 1. The standard InChI is InChI=1S/C22H26N2O2/c1-4-24(14-17-9-11-19(12-10-17)22(25)23(2)3)15-18-13-20-7-5-6-8-21(20)26-16-18/h5-13H,4,14-16H2,1-3H3. The van der Waals surface area contributed by atoms with E-state index in [9.17, 15) is 4.79 Å². The molecule has 0 saturated carbocycles. The van der Waals surface area contributed by atoms with Crippen molar-refractivity contribution in [2.75, 3.05) is 33.8 Å². The summed E-state index contributed by atoms with van der Waals surface area (Å²) < 4.78 is 5.86. The lowest BCUT2D eigenvalue weighted by molar-refractivity contribution is 0.0827. The van der Waals surface area contributed by atoms with Crippen LogP contribution in [0.2, 0.25) is 0 Å². The third-order valence-corrected chi connectivity index (χ3v) is 4.58. The molecule has 0 bridgehead atoms. The molecule has 0 radical (unpaired) electrons. The minimum absolute atomic E-state index is 0.0343. The minimum Gasteiger partial charge on any atom is -0.489 e. The van der Waals surface area contributed by atoms with Gasteiger partial charge in [0.25, 0.3) is 5.91 Å². The monoisotopic (exact) mass is 350 g/mol. The summed E-state index contributed by atoms with van der Waals surface area (Å²) >= 11 is 0. The lowest BCUT2D eigenvalue weighted by Gasteiger charge is -2.25. The van der Waals surface area contributed by atoms with Gasteiger partial charge in [0.15, 0.2) is 0 Å². The lowest BCUT2D eigenvalue weighted by atomic mass is 10.1. The molecule has 0 N–H and O–H groups in total. The highest BCUT2D eigenvalue weighted by Gasteiger charge is 2.14. The van der Waals surface area contributed by atoms with Crippen LogP contribution in [0.1, 0.15) is 28.4 Å². The summed E-state index contributed by atoms with van der Waals surface area (Å²) in [5.74, 6) is 0.993. The van der Waals surface area contributed by atoms with Gasteiger partial charge in [-0.3, -0.25) is 9.69 Å². The van der Waals surface area contributed by atoms with Crippen molar-refractivity contribution >= 4 is 12.0 Å². The molecule has 26 heavy (non-hydrogen) atoms. The van der Waals surface area contributed by atoms with E-state index in [1.54, 1.807) is 19.0 Å². The van der Waals surface area contributed by atoms with Crippen LogP contribution in [0.15, 0.2) is 54.1 Å². The van der Waals surface area contributed by atoms with Crippen LogP contribution >= 0.6 is 0 Å². The third-order valence-electron chi connectivity index (χ3n) is 4.58. The molecule has 0 unspecified atom stereocenters. The van der Waals surface area contributed by atoms with Crippen molar-refractivity contribution in [3.63, 3.8) is 0 Å². The normalized spacial score (nSPS) is 13.0. The van der Waals surface area contributed by atoms with Crippen LogP contribution in [0.4, 0.5) is 0 Å². The Bertz CT molecular complexity index is 794. The Hall–Kier alpha value is -2.59. The van der Waals surface area contributed by atoms with Crippen LogP contribution in [0, 0.1) is 0 Å². The van der Waals surface area contributed by atoms with Crippen LogP contribution < -0.4 is 4.74 Å². The van der Waals surface area contributed by atoms with E-state index in [1.165, 1.54) is 11.1 Å². The number of hydrogen-bond acceptors (Lipinski definition) is 3. The Morgan fingerprint density at radius 3 is 2.46 bits per heavy atom. The molecule has 0 spiro atoms. The third kappa shape index (κ3) is 4.33. The maximum Gasteiger partial charge on any atom is 0.253 e. The van der Waals surface area contributed by atoms with Gasteiger partial charge in [-0.2, -0.15) is 0 Å². The second-order valence-corrected chi connectivity index (χ2v) is 6.83. The number of para-hydroxylation sites is 1. The van der Waals surface area contributed by atoms with Crippen molar-refractivity contribution in [3.05, 3.63) is 70.8 Å². The number of amides is 1. The number of benzene rings is 2. The highest BCUT2D eigenvalue weighted by atomic mass is 16.5. The Kier molecular flexibility index (Phi) is 5.74. The Morgan fingerprint density at radius 2 is 1.77 bits per heavy atom. The number of hydrogen-bond donors (Lipinski definition) is 0. The fraction of sp³-hybridized carbons (Fsp3) is 0.318.